The second-order valence-electron chi connectivity index (χ2n) is 3.07. The lowest BCUT2D eigenvalue weighted by molar-refractivity contribution is 0.318. The van der Waals surface area contributed by atoms with Crippen LogP contribution in [0.2, 0.25) is 0 Å². The first kappa shape index (κ1) is 9.45. The third-order valence-corrected chi connectivity index (χ3v) is 2.21. The molecule has 0 aliphatic rings. The minimum atomic E-state index is 0.0376. The lowest BCUT2D eigenvalue weighted by Crippen LogP contribution is -2.14. The zero-order valence-electron chi connectivity index (χ0n) is 8.25. The van der Waals surface area contributed by atoms with E-state index >= 15 is 0 Å². The van der Waals surface area contributed by atoms with E-state index in [1.165, 1.54) is 0 Å². The van der Waals surface area contributed by atoms with Gasteiger partial charge >= 0.3 is 0 Å². The molecule has 6 heteroatoms. The lowest BCUT2D eigenvalue weighted by atomic mass is 10.2. The molecule has 2 rings (SSSR count). The Hall–Kier alpha value is -2.11. The number of oxime groups is 1. The van der Waals surface area contributed by atoms with E-state index < -0.39 is 0 Å². The summed E-state index contributed by atoms with van der Waals surface area (Å²) in [5, 5.41) is 19.6. The predicted molar refractivity (Wildman–Crippen MR) is 54.9 cm³/mol. The molecule has 0 radical (unpaired) electrons. The molecule has 0 aliphatic carbocycles. The van der Waals surface area contributed by atoms with E-state index in [0.29, 0.717) is 11.2 Å². The molecular formula is C9H11N5O. The highest BCUT2D eigenvalue weighted by atomic mass is 16.4. The Balaban J connectivity index is 2.72. The van der Waals surface area contributed by atoms with Crippen molar-refractivity contribution in [1.82, 2.24) is 14.6 Å². The van der Waals surface area contributed by atoms with Crippen molar-refractivity contribution in [1.29, 1.82) is 0 Å². The molecule has 78 valence electrons. The molecule has 0 amide bonds. The van der Waals surface area contributed by atoms with Gasteiger partial charge in [-0.2, -0.15) is 0 Å². The Kier molecular flexibility index (Phi) is 2.24. The van der Waals surface area contributed by atoms with Gasteiger partial charge in [0.2, 0.25) is 0 Å². The lowest BCUT2D eigenvalue weighted by Gasteiger charge is -2.01. The topological polar surface area (TPSA) is 88.8 Å². The number of aromatic nitrogens is 3. The second-order valence-corrected chi connectivity index (χ2v) is 3.07. The van der Waals surface area contributed by atoms with Gasteiger partial charge in [0, 0.05) is 12.6 Å². The van der Waals surface area contributed by atoms with Gasteiger partial charge in [-0.3, -0.25) is 4.40 Å². The fraction of sp³-hybridized carbons (Fsp3) is 0.222. The Morgan fingerprint density at radius 3 is 3.07 bits per heavy atom. The van der Waals surface area contributed by atoms with Gasteiger partial charge < -0.3 is 10.9 Å². The molecule has 0 spiro atoms. The number of nitrogens with two attached hydrogens (primary N) is 1. The number of amidine groups is 1. The Morgan fingerprint density at radius 1 is 1.60 bits per heavy atom. The van der Waals surface area contributed by atoms with E-state index in [1.54, 1.807) is 6.07 Å². The minimum absolute atomic E-state index is 0.0376. The monoisotopic (exact) mass is 205 g/mol. The summed E-state index contributed by atoms with van der Waals surface area (Å²) in [6, 6.07) is 3.54. The first-order valence-electron chi connectivity index (χ1n) is 4.58. The second kappa shape index (κ2) is 3.56. The van der Waals surface area contributed by atoms with Crippen molar-refractivity contribution in [3.8, 4) is 0 Å². The molecule has 0 atom stereocenters. The Morgan fingerprint density at radius 2 is 2.40 bits per heavy atom. The molecule has 2 heterocycles. The molecule has 0 unspecified atom stereocenters. The zero-order valence-corrected chi connectivity index (χ0v) is 8.25. The maximum Gasteiger partial charge on any atom is 0.173 e. The van der Waals surface area contributed by atoms with Crippen LogP contribution in [0.1, 0.15) is 18.3 Å². The van der Waals surface area contributed by atoms with Crippen molar-refractivity contribution in [2.24, 2.45) is 10.9 Å². The highest BCUT2D eigenvalue weighted by molar-refractivity contribution is 6.02. The van der Waals surface area contributed by atoms with E-state index in [2.05, 4.69) is 15.4 Å². The van der Waals surface area contributed by atoms with Gasteiger partial charge in [-0.15, -0.1) is 10.2 Å². The summed E-state index contributed by atoms with van der Waals surface area (Å²) in [4.78, 5) is 0. The molecule has 0 saturated carbocycles. The summed E-state index contributed by atoms with van der Waals surface area (Å²) in [5.74, 6) is 0.883. The number of hydrogen-bond acceptors (Lipinski definition) is 4. The highest BCUT2D eigenvalue weighted by Gasteiger charge is 2.10. The maximum atomic E-state index is 8.62. The van der Waals surface area contributed by atoms with Gasteiger partial charge in [-0.05, 0) is 12.1 Å². The SMILES string of the molecule is CCc1nnc2c(/C(N)=N\O)cccn12. The quantitative estimate of drug-likeness (QED) is 0.321. The van der Waals surface area contributed by atoms with Crippen LogP contribution in [0.3, 0.4) is 0 Å². The third kappa shape index (κ3) is 1.39. The van der Waals surface area contributed by atoms with Crippen molar-refractivity contribution in [3.05, 3.63) is 29.7 Å². The van der Waals surface area contributed by atoms with E-state index in [0.717, 1.165) is 12.2 Å². The largest absolute Gasteiger partial charge is 0.409 e. The Labute approximate surface area is 86.0 Å². The number of fused-ring (bicyclic) bond motifs is 1. The average molecular weight is 205 g/mol. The number of pyridine rings is 1. The highest BCUT2D eigenvalue weighted by Crippen LogP contribution is 2.10. The Bertz CT molecular complexity index is 516. The van der Waals surface area contributed by atoms with Crippen LogP contribution >= 0.6 is 0 Å². The first-order chi connectivity index (χ1) is 7.27. The number of hydrogen-bond donors (Lipinski definition) is 2. The van der Waals surface area contributed by atoms with E-state index in [-0.39, 0.29) is 5.84 Å². The molecule has 0 aromatic carbocycles. The summed E-state index contributed by atoms with van der Waals surface area (Å²) in [7, 11) is 0. The smallest absolute Gasteiger partial charge is 0.173 e. The van der Waals surface area contributed by atoms with Crippen molar-refractivity contribution in [2.45, 2.75) is 13.3 Å². The summed E-state index contributed by atoms with van der Waals surface area (Å²) >= 11 is 0. The average Bonchev–Trinajstić information content (AvgIpc) is 2.70. The van der Waals surface area contributed by atoms with Crippen LogP contribution < -0.4 is 5.73 Å². The van der Waals surface area contributed by atoms with Crippen LogP contribution in [0, 0.1) is 0 Å². The van der Waals surface area contributed by atoms with Crippen LogP contribution in [-0.2, 0) is 6.42 Å². The molecule has 2 aromatic rings. The standard InChI is InChI=1S/C9H11N5O/c1-2-7-11-12-9-6(8(10)13-15)4-3-5-14(7)9/h3-5,15H,2H2,1H3,(H2,10,13). The molecule has 15 heavy (non-hydrogen) atoms. The maximum absolute atomic E-state index is 8.62. The van der Waals surface area contributed by atoms with Crippen molar-refractivity contribution < 1.29 is 5.21 Å². The third-order valence-electron chi connectivity index (χ3n) is 2.21. The summed E-state index contributed by atoms with van der Waals surface area (Å²) < 4.78 is 1.83. The molecule has 0 fully saturated rings. The van der Waals surface area contributed by atoms with Crippen LogP contribution in [-0.4, -0.2) is 25.6 Å². The van der Waals surface area contributed by atoms with Crippen molar-refractivity contribution in [2.75, 3.05) is 0 Å². The number of nitrogens with zero attached hydrogens (tertiary/aromatic N) is 4. The van der Waals surface area contributed by atoms with Crippen LogP contribution in [0.25, 0.3) is 5.65 Å². The number of aryl methyl sites for hydroxylation is 1. The molecule has 6 nitrogen and oxygen atoms in total. The molecule has 0 bridgehead atoms. The van der Waals surface area contributed by atoms with Crippen molar-refractivity contribution >= 4 is 11.5 Å². The summed E-state index contributed by atoms with van der Waals surface area (Å²) in [6.07, 6.45) is 2.63. The summed E-state index contributed by atoms with van der Waals surface area (Å²) in [5.41, 5.74) is 6.71. The fourth-order valence-electron chi connectivity index (χ4n) is 1.46. The van der Waals surface area contributed by atoms with Crippen molar-refractivity contribution in [3.63, 3.8) is 0 Å². The van der Waals surface area contributed by atoms with E-state index in [4.69, 9.17) is 10.9 Å². The first-order valence-corrected chi connectivity index (χ1v) is 4.58. The summed E-state index contributed by atoms with van der Waals surface area (Å²) in [6.45, 7) is 1.99. The van der Waals surface area contributed by atoms with Gasteiger partial charge in [0.1, 0.15) is 5.82 Å². The molecule has 3 N–H and O–H groups in total. The van der Waals surface area contributed by atoms with E-state index in [1.807, 2.05) is 23.6 Å². The fourth-order valence-corrected chi connectivity index (χ4v) is 1.46. The van der Waals surface area contributed by atoms with Crippen LogP contribution in [0.15, 0.2) is 23.5 Å². The van der Waals surface area contributed by atoms with Gasteiger partial charge in [0.05, 0.1) is 5.56 Å². The van der Waals surface area contributed by atoms with Crippen LogP contribution in [0.4, 0.5) is 0 Å². The minimum Gasteiger partial charge on any atom is -0.409 e. The van der Waals surface area contributed by atoms with Gasteiger partial charge in [0.15, 0.2) is 11.5 Å². The van der Waals surface area contributed by atoms with Gasteiger partial charge in [-0.25, -0.2) is 0 Å². The predicted octanol–water partition coefficient (Wildman–Crippen LogP) is 0.386. The van der Waals surface area contributed by atoms with Crippen LogP contribution in [0.5, 0.6) is 0 Å². The molecule has 0 saturated heterocycles. The van der Waals surface area contributed by atoms with E-state index in [9.17, 15) is 0 Å². The molecule has 2 aromatic heterocycles. The molecule has 0 aliphatic heterocycles. The normalized spacial score (nSPS) is 12.2. The number of rotatable bonds is 2. The molecular weight excluding hydrogens is 194 g/mol. The van der Waals surface area contributed by atoms with Gasteiger partial charge in [-0.1, -0.05) is 12.1 Å². The van der Waals surface area contributed by atoms with Gasteiger partial charge in [0.25, 0.3) is 0 Å². The zero-order chi connectivity index (χ0) is 10.8.